The summed E-state index contributed by atoms with van der Waals surface area (Å²) in [5.41, 5.74) is -0.0492. The lowest BCUT2D eigenvalue weighted by Gasteiger charge is -2.07. The highest BCUT2D eigenvalue weighted by atomic mass is 32.2. The topological polar surface area (TPSA) is 58.2 Å². The van der Waals surface area contributed by atoms with E-state index in [9.17, 15) is 17.2 Å². The number of hydrogen-bond donors (Lipinski definition) is 2. The van der Waals surface area contributed by atoms with Crippen LogP contribution in [0.4, 0.5) is 8.78 Å². The number of halogens is 2. The lowest BCUT2D eigenvalue weighted by atomic mass is 10.2. The molecule has 4 nitrogen and oxygen atoms in total. The van der Waals surface area contributed by atoms with Crippen molar-refractivity contribution in [2.75, 3.05) is 19.3 Å². The highest BCUT2D eigenvalue weighted by molar-refractivity contribution is 7.88. The molecule has 7 heteroatoms. The van der Waals surface area contributed by atoms with E-state index in [-0.39, 0.29) is 18.7 Å². The number of sulfonamides is 1. The Morgan fingerprint density at radius 2 is 1.76 bits per heavy atom. The molecule has 0 heterocycles. The molecule has 0 aliphatic rings. The van der Waals surface area contributed by atoms with Crippen molar-refractivity contribution in [2.24, 2.45) is 0 Å². The zero-order valence-electron chi connectivity index (χ0n) is 9.33. The molecular formula is C10H14F2N2O2S. The van der Waals surface area contributed by atoms with Crippen molar-refractivity contribution in [1.82, 2.24) is 10.0 Å². The summed E-state index contributed by atoms with van der Waals surface area (Å²) in [6, 6.07) is 3.64. The molecule has 1 aromatic carbocycles. The van der Waals surface area contributed by atoms with Gasteiger partial charge in [-0.05, 0) is 12.1 Å². The van der Waals surface area contributed by atoms with Gasteiger partial charge < -0.3 is 5.32 Å². The Morgan fingerprint density at radius 3 is 2.29 bits per heavy atom. The lowest BCUT2D eigenvalue weighted by Crippen LogP contribution is -2.31. The van der Waals surface area contributed by atoms with Crippen LogP contribution in [-0.4, -0.2) is 27.8 Å². The molecule has 1 rings (SSSR count). The van der Waals surface area contributed by atoms with Crippen LogP contribution in [0.2, 0.25) is 0 Å². The van der Waals surface area contributed by atoms with Crippen LogP contribution in [0.15, 0.2) is 18.2 Å². The summed E-state index contributed by atoms with van der Waals surface area (Å²) in [4.78, 5) is 0. The van der Waals surface area contributed by atoms with Gasteiger partial charge in [-0.3, -0.25) is 0 Å². The van der Waals surface area contributed by atoms with E-state index in [0.29, 0.717) is 6.54 Å². The molecule has 0 aromatic heterocycles. The highest BCUT2D eigenvalue weighted by Crippen LogP contribution is 2.10. The van der Waals surface area contributed by atoms with Crippen molar-refractivity contribution in [3.63, 3.8) is 0 Å². The minimum Gasteiger partial charge on any atom is -0.311 e. The Kier molecular flexibility index (Phi) is 4.98. The van der Waals surface area contributed by atoms with Gasteiger partial charge in [0.1, 0.15) is 11.6 Å². The van der Waals surface area contributed by atoms with Gasteiger partial charge in [-0.25, -0.2) is 21.9 Å². The van der Waals surface area contributed by atoms with Crippen LogP contribution in [-0.2, 0) is 16.6 Å². The summed E-state index contributed by atoms with van der Waals surface area (Å²) in [5, 5.41) is 2.75. The zero-order chi connectivity index (χ0) is 12.9. The molecule has 0 atom stereocenters. The molecule has 0 radical (unpaired) electrons. The largest absolute Gasteiger partial charge is 0.311 e. The number of nitrogens with one attached hydrogen (secondary N) is 2. The molecule has 96 valence electrons. The van der Waals surface area contributed by atoms with Crippen LogP contribution in [0.3, 0.4) is 0 Å². The smallest absolute Gasteiger partial charge is 0.208 e. The van der Waals surface area contributed by atoms with E-state index in [1.807, 2.05) is 0 Å². The van der Waals surface area contributed by atoms with Gasteiger partial charge in [-0.2, -0.15) is 0 Å². The minimum atomic E-state index is -3.22. The fraction of sp³-hybridized carbons (Fsp3) is 0.400. The van der Waals surface area contributed by atoms with E-state index >= 15 is 0 Å². The van der Waals surface area contributed by atoms with E-state index in [1.54, 1.807) is 0 Å². The standard InChI is InChI=1S/C10H14F2N2O2S/c1-17(15,16)14-6-5-13-7-8-9(11)3-2-4-10(8)12/h2-4,13-14H,5-7H2,1H3. The molecule has 0 spiro atoms. The second-order valence-electron chi connectivity index (χ2n) is 3.54. The van der Waals surface area contributed by atoms with Crippen molar-refractivity contribution in [2.45, 2.75) is 6.54 Å². The molecule has 0 fully saturated rings. The number of rotatable bonds is 6. The third kappa shape index (κ3) is 5.20. The Labute approximate surface area is 99.1 Å². The predicted octanol–water partition coefficient (Wildman–Crippen LogP) is 0.604. The quantitative estimate of drug-likeness (QED) is 0.740. The summed E-state index contributed by atoms with van der Waals surface area (Å²) < 4.78 is 50.0. The van der Waals surface area contributed by atoms with Gasteiger partial charge in [0, 0.05) is 25.2 Å². The first-order valence-electron chi connectivity index (χ1n) is 4.98. The summed E-state index contributed by atoms with van der Waals surface area (Å²) in [5.74, 6) is -1.23. The van der Waals surface area contributed by atoms with E-state index in [0.717, 1.165) is 6.26 Å². The highest BCUT2D eigenvalue weighted by Gasteiger charge is 2.07. The molecule has 0 saturated heterocycles. The summed E-state index contributed by atoms with van der Waals surface area (Å²) >= 11 is 0. The maximum Gasteiger partial charge on any atom is 0.208 e. The third-order valence-electron chi connectivity index (χ3n) is 2.03. The monoisotopic (exact) mass is 264 g/mol. The maximum absolute atomic E-state index is 13.2. The normalized spacial score (nSPS) is 11.7. The summed E-state index contributed by atoms with van der Waals surface area (Å²) in [6.07, 6.45) is 1.05. The van der Waals surface area contributed by atoms with Crippen molar-refractivity contribution in [3.05, 3.63) is 35.4 Å². The summed E-state index contributed by atoms with van der Waals surface area (Å²) in [6.45, 7) is 0.486. The molecule has 1 aromatic rings. The number of hydrogen-bond acceptors (Lipinski definition) is 3. The Hall–Kier alpha value is -1.05. The van der Waals surface area contributed by atoms with Gasteiger partial charge in [0.15, 0.2) is 0 Å². The Bertz CT molecular complexity index is 457. The first-order valence-corrected chi connectivity index (χ1v) is 6.87. The SMILES string of the molecule is CS(=O)(=O)NCCNCc1c(F)cccc1F. The Morgan fingerprint density at radius 1 is 1.18 bits per heavy atom. The second-order valence-corrected chi connectivity index (χ2v) is 5.38. The van der Waals surface area contributed by atoms with E-state index < -0.39 is 21.7 Å². The van der Waals surface area contributed by atoms with Crippen molar-refractivity contribution < 1.29 is 17.2 Å². The van der Waals surface area contributed by atoms with Crippen LogP contribution < -0.4 is 10.0 Å². The van der Waals surface area contributed by atoms with Gasteiger partial charge >= 0.3 is 0 Å². The van der Waals surface area contributed by atoms with Crippen molar-refractivity contribution in [3.8, 4) is 0 Å². The van der Waals surface area contributed by atoms with Crippen LogP contribution in [0.5, 0.6) is 0 Å². The number of benzene rings is 1. The van der Waals surface area contributed by atoms with Crippen LogP contribution in [0, 0.1) is 11.6 Å². The molecule has 0 saturated carbocycles. The molecule has 0 bridgehead atoms. The molecule has 0 unspecified atom stereocenters. The Balaban J connectivity index is 2.37. The predicted molar refractivity (Wildman–Crippen MR) is 60.9 cm³/mol. The fourth-order valence-corrected chi connectivity index (χ4v) is 1.71. The van der Waals surface area contributed by atoms with E-state index in [2.05, 4.69) is 10.0 Å². The van der Waals surface area contributed by atoms with Crippen LogP contribution >= 0.6 is 0 Å². The van der Waals surface area contributed by atoms with Crippen LogP contribution in [0.25, 0.3) is 0 Å². The van der Waals surface area contributed by atoms with Gasteiger partial charge in [-0.1, -0.05) is 6.07 Å². The molecule has 0 aliphatic carbocycles. The fourth-order valence-electron chi connectivity index (χ4n) is 1.24. The van der Waals surface area contributed by atoms with Crippen LogP contribution in [0.1, 0.15) is 5.56 Å². The average molecular weight is 264 g/mol. The van der Waals surface area contributed by atoms with Gasteiger partial charge in [0.25, 0.3) is 0 Å². The molecular weight excluding hydrogens is 250 g/mol. The van der Waals surface area contributed by atoms with E-state index in [1.165, 1.54) is 18.2 Å². The molecule has 0 aliphatic heterocycles. The zero-order valence-corrected chi connectivity index (χ0v) is 10.2. The van der Waals surface area contributed by atoms with Gasteiger partial charge in [-0.15, -0.1) is 0 Å². The van der Waals surface area contributed by atoms with Gasteiger partial charge in [0.2, 0.25) is 10.0 Å². The van der Waals surface area contributed by atoms with Gasteiger partial charge in [0.05, 0.1) is 6.26 Å². The molecule has 0 amide bonds. The van der Waals surface area contributed by atoms with Crippen molar-refractivity contribution in [1.29, 1.82) is 0 Å². The summed E-state index contributed by atoms with van der Waals surface area (Å²) in [7, 11) is -3.22. The molecule has 17 heavy (non-hydrogen) atoms. The maximum atomic E-state index is 13.2. The third-order valence-corrected chi connectivity index (χ3v) is 2.76. The van der Waals surface area contributed by atoms with E-state index in [4.69, 9.17) is 0 Å². The molecule has 2 N–H and O–H groups in total. The lowest BCUT2D eigenvalue weighted by molar-refractivity contribution is 0.533. The first kappa shape index (κ1) is 14.0. The average Bonchev–Trinajstić information content (AvgIpc) is 2.20. The second kappa shape index (κ2) is 6.04. The minimum absolute atomic E-state index is 0.0178. The first-order chi connectivity index (χ1) is 7.90. The van der Waals surface area contributed by atoms with Crippen molar-refractivity contribution >= 4 is 10.0 Å².